The molecule has 0 atom stereocenters. The molecule has 5 heteroatoms. The van der Waals surface area contributed by atoms with E-state index in [4.69, 9.17) is 0 Å². The molecule has 0 saturated heterocycles. The van der Waals surface area contributed by atoms with E-state index in [0.29, 0.717) is 12.2 Å². The number of aromatic nitrogens is 2. The van der Waals surface area contributed by atoms with E-state index in [1.54, 1.807) is 6.20 Å². The Kier molecular flexibility index (Phi) is 7.54. The van der Waals surface area contributed by atoms with Gasteiger partial charge in [-0.3, -0.25) is 4.79 Å². The van der Waals surface area contributed by atoms with Crippen LogP contribution in [0.2, 0.25) is 0 Å². The third-order valence-electron chi connectivity index (χ3n) is 2.79. The number of anilines is 1. The van der Waals surface area contributed by atoms with Crippen molar-refractivity contribution in [3.63, 3.8) is 0 Å². The van der Waals surface area contributed by atoms with E-state index in [1.807, 2.05) is 0 Å². The van der Waals surface area contributed by atoms with Gasteiger partial charge in [-0.25, -0.2) is 9.97 Å². The summed E-state index contributed by atoms with van der Waals surface area (Å²) in [7, 11) is 0. The Labute approximate surface area is 115 Å². The summed E-state index contributed by atoms with van der Waals surface area (Å²) >= 11 is 0. The molecule has 0 bridgehead atoms. The van der Waals surface area contributed by atoms with Crippen molar-refractivity contribution in [2.45, 2.75) is 46.0 Å². The third-order valence-corrected chi connectivity index (χ3v) is 2.79. The van der Waals surface area contributed by atoms with E-state index in [9.17, 15) is 4.79 Å². The van der Waals surface area contributed by atoms with Gasteiger partial charge in [0.25, 0.3) is 5.91 Å². The number of nitrogens with zero attached hydrogens (tertiary/aromatic N) is 2. The maximum absolute atomic E-state index is 11.7. The molecule has 0 unspecified atom stereocenters. The molecular formula is C14H24N4O. The van der Waals surface area contributed by atoms with Crippen molar-refractivity contribution in [2.24, 2.45) is 0 Å². The predicted octanol–water partition coefficient (Wildman–Crippen LogP) is 2.61. The lowest BCUT2D eigenvalue weighted by Crippen LogP contribution is -2.25. The molecule has 1 aromatic heterocycles. The smallest absolute Gasteiger partial charge is 0.271 e. The third kappa shape index (κ3) is 6.18. The van der Waals surface area contributed by atoms with Crippen LogP contribution in [0.15, 0.2) is 12.4 Å². The number of hydrogen-bond donors (Lipinski definition) is 2. The molecule has 0 aromatic carbocycles. The van der Waals surface area contributed by atoms with Crippen LogP contribution in [-0.2, 0) is 0 Å². The lowest BCUT2D eigenvalue weighted by molar-refractivity contribution is 0.0947. The first-order valence-corrected chi connectivity index (χ1v) is 7.12. The van der Waals surface area contributed by atoms with E-state index >= 15 is 0 Å². The lowest BCUT2D eigenvalue weighted by atomic mass is 10.2. The molecule has 106 valence electrons. The van der Waals surface area contributed by atoms with Gasteiger partial charge in [0.2, 0.25) is 0 Å². The summed E-state index contributed by atoms with van der Waals surface area (Å²) in [6.45, 7) is 5.86. The second-order valence-electron chi connectivity index (χ2n) is 4.53. The molecule has 0 spiro atoms. The topological polar surface area (TPSA) is 66.9 Å². The summed E-state index contributed by atoms with van der Waals surface area (Å²) in [5.41, 5.74) is 0.373. The van der Waals surface area contributed by atoms with Crippen molar-refractivity contribution < 1.29 is 4.79 Å². The molecule has 0 aliphatic heterocycles. The molecule has 5 nitrogen and oxygen atoms in total. The lowest BCUT2D eigenvalue weighted by Gasteiger charge is -2.06. The summed E-state index contributed by atoms with van der Waals surface area (Å²) < 4.78 is 0. The van der Waals surface area contributed by atoms with E-state index < -0.39 is 0 Å². The van der Waals surface area contributed by atoms with E-state index in [2.05, 4.69) is 34.4 Å². The number of carbonyl (C=O) groups excluding carboxylic acids is 1. The Morgan fingerprint density at radius 2 is 1.84 bits per heavy atom. The fourth-order valence-electron chi connectivity index (χ4n) is 1.60. The zero-order valence-electron chi connectivity index (χ0n) is 11.9. The molecule has 0 saturated carbocycles. The van der Waals surface area contributed by atoms with Gasteiger partial charge in [-0.2, -0.15) is 0 Å². The predicted molar refractivity (Wildman–Crippen MR) is 77.3 cm³/mol. The number of hydrogen-bond acceptors (Lipinski definition) is 4. The van der Waals surface area contributed by atoms with Gasteiger partial charge >= 0.3 is 0 Å². The standard InChI is InChI=1S/C14H24N4O/c1-3-5-7-9-16-14(19)12-10-18-13(11-17-12)15-8-6-4-2/h10-11H,3-9H2,1-2H3,(H,15,18)(H,16,19). The maximum Gasteiger partial charge on any atom is 0.271 e. The minimum atomic E-state index is -0.149. The Balaban J connectivity index is 2.35. The number of carbonyl (C=O) groups is 1. The second kappa shape index (κ2) is 9.30. The second-order valence-corrected chi connectivity index (χ2v) is 4.53. The van der Waals surface area contributed by atoms with Gasteiger partial charge in [0, 0.05) is 13.1 Å². The Morgan fingerprint density at radius 3 is 2.47 bits per heavy atom. The summed E-state index contributed by atoms with van der Waals surface area (Å²) in [4.78, 5) is 20.0. The minimum Gasteiger partial charge on any atom is -0.369 e. The van der Waals surface area contributed by atoms with Crippen molar-refractivity contribution in [1.82, 2.24) is 15.3 Å². The highest BCUT2D eigenvalue weighted by Crippen LogP contribution is 2.02. The average Bonchev–Trinajstić information content (AvgIpc) is 2.44. The molecule has 1 aromatic rings. The summed E-state index contributed by atoms with van der Waals surface area (Å²) in [5, 5.41) is 6.01. The molecule has 0 radical (unpaired) electrons. The van der Waals surface area contributed by atoms with Gasteiger partial charge in [0.15, 0.2) is 0 Å². The normalized spacial score (nSPS) is 10.2. The molecule has 19 heavy (non-hydrogen) atoms. The Bertz CT molecular complexity index is 364. The Hall–Kier alpha value is -1.65. The van der Waals surface area contributed by atoms with Crippen LogP contribution in [0, 0.1) is 0 Å². The molecule has 1 rings (SSSR count). The van der Waals surface area contributed by atoms with Gasteiger partial charge in [-0.15, -0.1) is 0 Å². The van der Waals surface area contributed by atoms with Crippen LogP contribution in [0.3, 0.4) is 0 Å². The average molecular weight is 264 g/mol. The van der Waals surface area contributed by atoms with E-state index in [-0.39, 0.29) is 5.91 Å². The van der Waals surface area contributed by atoms with Crippen molar-refractivity contribution in [2.75, 3.05) is 18.4 Å². The van der Waals surface area contributed by atoms with Gasteiger partial charge in [0.1, 0.15) is 11.5 Å². The molecular weight excluding hydrogens is 240 g/mol. The zero-order chi connectivity index (χ0) is 13.9. The fourth-order valence-corrected chi connectivity index (χ4v) is 1.60. The van der Waals surface area contributed by atoms with Crippen LogP contribution in [0.25, 0.3) is 0 Å². The number of unbranched alkanes of at least 4 members (excludes halogenated alkanes) is 3. The molecule has 1 heterocycles. The van der Waals surface area contributed by atoms with Gasteiger partial charge < -0.3 is 10.6 Å². The van der Waals surface area contributed by atoms with Crippen molar-refractivity contribution in [1.29, 1.82) is 0 Å². The van der Waals surface area contributed by atoms with Crippen LogP contribution < -0.4 is 10.6 Å². The van der Waals surface area contributed by atoms with Crippen LogP contribution in [0.4, 0.5) is 5.82 Å². The number of rotatable bonds is 9. The van der Waals surface area contributed by atoms with E-state index in [1.165, 1.54) is 6.20 Å². The largest absolute Gasteiger partial charge is 0.369 e. The monoisotopic (exact) mass is 264 g/mol. The molecule has 2 N–H and O–H groups in total. The van der Waals surface area contributed by atoms with Crippen molar-refractivity contribution in [3.8, 4) is 0 Å². The highest BCUT2D eigenvalue weighted by Gasteiger charge is 2.06. The van der Waals surface area contributed by atoms with Gasteiger partial charge in [0.05, 0.1) is 12.4 Å². The van der Waals surface area contributed by atoms with Crippen LogP contribution >= 0.6 is 0 Å². The Morgan fingerprint density at radius 1 is 1.05 bits per heavy atom. The van der Waals surface area contributed by atoms with Crippen LogP contribution in [0.1, 0.15) is 56.4 Å². The molecule has 0 aliphatic rings. The quantitative estimate of drug-likeness (QED) is 0.673. The summed E-state index contributed by atoms with van der Waals surface area (Å²) in [6, 6.07) is 0. The molecule has 0 aliphatic carbocycles. The number of nitrogens with one attached hydrogen (secondary N) is 2. The maximum atomic E-state index is 11.7. The summed E-state index contributed by atoms with van der Waals surface area (Å²) in [5.74, 6) is 0.569. The van der Waals surface area contributed by atoms with Gasteiger partial charge in [-0.1, -0.05) is 33.1 Å². The highest BCUT2D eigenvalue weighted by atomic mass is 16.1. The minimum absolute atomic E-state index is 0.149. The number of amides is 1. The molecule has 0 fully saturated rings. The first kappa shape index (κ1) is 15.4. The fraction of sp³-hybridized carbons (Fsp3) is 0.643. The van der Waals surface area contributed by atoms with Gasteiger partial charge in [-0.05, 0) is 12.8 Å². The van der Waals surface area contributed by atoms with Crippen molar-refractivity contribution >= 4 is 11.7 Å². The first-order chi connectivity index (χ1) is 9.27. The zero-order valence-corrected chi connectivity index (χ0v) is 11.9. The van der Waals surface area contributed by atoms with E-state index in [0.717, 1.165) is 44.5 Å². The van der Waals surface area contributed by atoms with Crippen LogP contribution in [-0.4, -0.2) is 29.0 Å². The highest BCUT2D eigenvalue weighted by molar-refractivity contribution is 5.91. The SMILES string of the molecule is CCCCCNC(=O)c1cnc(NCCCC)cn1. The van der Waals surface area contributed by atoms with Crippen molar-refractivity contribution in [3.05, 3.63) is 18.1 Å². The first-order valence-electron chi connectivity index (χ1n) is 7.12. The molecule has 1 amide bonds. The summed E-state index contributed by atoms with van der Waals surface area (Å²) in [6.07, 6.45) is 8.65. The van der Waals surface area contributed by atoms with Crippen LogP contribution in [0.5, 0.6) is 0 Å².